The molecule has 0 radical (unpaired) electrons. The van der Waals surface area contributed by atoms with E-state index in [4.69, 9.17) is 8.43 Å². The van der Waals surface area contributed by atoms with E-state index in [0.29, 0.717) is 0 Å². The third-order valence-corrected chi connectivity index (χ3v) is 11.6. The minimum Gasteiger partial charge on any atom is -0.353 e. The third-order valence-electron chi connectivity index (χ3n) is 2.42. The number of rotatable bonds is 6. The number of hydrogen-bond acceptors (Lipinski definition) is 3. The van der Waals surface area contributed by atoms with E-state index in [-0.39, 0.29) is 0 Å². The van der Waals surface area contributed by atoms with E-state index in [9.17, 15) is 4.57 Å². The summed E-state index contributed by atoms with van der Waals surface area (Å²) in [5.74, 6) is 0. The molecule has 0 heterocycles. The van der Waals surface area contributed by atoms with Gasteiger partial charge in [0.05, 0.1) is 0 Å². The highest BCUT2D eigenvalue weighted by Crippen LogP contribution is 2.35. The second kappa shape index (κ2) is 5.61. The van der Waals surface area contributed by atoms with E-state index >= 15 is 0 Å². The Morgan fingerprint density at radius 3 is 1.43 bits per heavy atom. The topological polar surface area (TPSA) is 35.5 Å². The Balaban J connectivity index is 4.12. The predicted molar refractivity (Wildman–Crippen MR) is 67.1 cm³/mol. The van der Waals surface area contributed by atoms with E-state index in [1.807, 2.05) is 0 Å². The summed E-state index contributed by atoms with van der Waals surface area (Å²) in [7, 11) is -5.70. The van der Waals surface area contributed by atoms with Crippen LogP contribution in [0.15, 0.2) is 0 Å². The Hall–Kier alpha value is 0.584. The van der Waals surface area contributed by atoms with Crippen LogP contribution >= 0.6 is 8.25 Å². The van der Waals surface area contributed by atoms with Gasteiger partial charge in [0.25, 0.3) is 8.25 Å². The zero-order chi connectivity index (χ0) is 11.4. The first kappa shape index (κ1) is 14.6. The van der Waals surface area contributed by atoms with Gasteiger partial charge in [-0.1, -0.05) is 13.8 Å². The lowest BCUT2D eigenvalue weighted by Crippen LogP contribution is -2.30. The summed E-state index contributed by atoms with van der Waals surface area (Å²) in [6.07, 6.45) is 0. The molecule has 0 atom stereocenters. The lowest BCUT2D eigenvalue weighted by Gasteiger charge is -2.25. The van der Waals surface area contributed by atoms with Crippen LogP contribution in [0, 0.1) is 0 Å². The van der Waals surface area contributed by atoms with Crippen molar-refractivity contribution in [1.29, 1.82) is 0 Å². The summed E-state index contributed by atoms with van der Waals surface area (Å²) in [5, 5.41) is 0. The number of hydrogen-bond donors (Lipinski definition) is 0. The van der Waals surface area contributed by atoms with Crippen molar-refractivity contribution >= 4 is 24.9 Å². The van der Waals surface area contributed by atoms with Gasteiger partial charge in [-0.15, -0.1) is 0 Å². The maximum absolute atomic E-state index is 11.6. The molecule has 0 aromatic heterocycles. The smallest absolute Gasteiger partial charge is 0.299 e. The Morgan fingerprint density at radius 1 is 0.929 bits per heavy atom. The molecule has 0 N–H and O–H groups in total. The molecule has 0 saturated carbocycles. The molecule has 3 nitrogen and oxygen atoms in total. The Bertz CT molecular complexity index is 187. The molecule has 6 heteroatoms. The molecule has 86 valence electrons. The fraction of sp³-hybridized carbons (Fsp3) is 1.00. The van der Waals surface area contributed by atoms with Crippen molar-refractivity contribution in [2.24, 2.45) is 0 Å². The first-order chi connectivity index (χ1) is 6.22. The Morgan fingerprint density at radius 2 is 1.21 bits per heavy atom. The van der Waals surface area contributed by atoms with Crippen LogP contribution in [-0.2, 0) is 13.0 Å². The molecule has 0 aliphatic carbocycles. The van der Waals surface area contributed by atoms with E-state index in [0.717, 1.165) is 12.1 Å². The van der Waals surface area contributed by atoms with Gasteiger partial charge in [0.1, 0.15) is 0 Å². The largest absolute Gasteiger partial charge is 0.353 e. The molecule has 0 unspecified atom stereocenters. The van der Waals surface area contributed by atoms with Gasteiger partial charge < -0.3 is 8.43 Å². The summed E-state index contributed by atoms with van der Waals surface area (Å²) >= 11 is 0. The van der Waals surface area contributed by atoms with Gasteiger partial charge in [0.2, 0.25) is 0 Å². The van der Waals surface area contributed by atoms with Gasteiger partial charge in [-0.25, -0.2) is 0 Å². The van der Waals surface area contributed by atoms with Gasteiger partial charge in [-0.3, -0.25) is 4.57 Å². The van der Waals surface area contributed by atoms with Gasteiger partial charge >= 0.3 is 0 Å². The molecule has 0 amide bonds. The molecule has 14 heavy (non-hydrogen) atoms. The third kappa shape index (κ3) is 6.14. The molecule has 0 rings (SSSR count). The summed E-state index contributed by atoms with van der Waals surface area (Å²) in [6.45, 7) is 12.4. The highest BCUT2D eigenvalue weighted by molar-refractivity contribution is 7.38. The first-order valence-electron chi connectivity index (χ1n) is 5.14. The maximum Gasteiger partial charge on any atom is 0.299 e. The van der Waals surface area contributed by atoms with E-state index in [1.54, 1.807) is 0 Å². The monoisotopic (exact) mass is 254 g/mol. The minimum atomic E-state index is -2.25. The highest BCUT2D eigenvalue weighted by atomic mass is 31.1. The van der Waals surface area contributed by atoms with Crippen molar-refractivity contribution in [2.45, 2.75) is 52.1 Å². The van der Waals surface area contributed by atoms with Crippen LogP contribution in [0.2, 0.25) is 38.3 Å². The highest BCUT2D eigenvalue weighted by Gasteiger charge is 2.28. The fourth-order valence-electron chi connectivity index (χ4n) is 0.616. The lowest BCUT2D eigenvalue weighted by atomic mass is 11.0. The van der Waals surface area contributed by atoms with Crippen LogP contribution in [0.4, 0.5) is 0 Å². The molecule has 0 saturated heterocycles. The summed E-state index contributed by atoms with van der Waals surface area (Å²) in [5.41, 5.74) is 0. The molecule has 0 bridgehead atoms. The minimum absolute atomic E-state index is 0.973. The maximum atomic E-state index is 11.6. The van der Waals surface area contributed by atoms with Crippen molar-refractivity contribution in [3.05, 3.63) is 0 Å². The molecule has 0 spiro atoms. The standard InChI is InChI=1S/C8H23O3PSi2/c1-7-13(3,4)10-12(9)11-14(5,6)8-2/h12H,7-8H2,1-6H3. The Labute approximate surface area is 90.4 Å². The van der Waals surface area contributed by atoms with Crippen molar-refractivity contribution < 1.29 is 13.0 Å². The van der Waals surface area contributed by atoms with E-state index in [2.05, 4.69) is 40.0 Å². The fourth-order valence-corrected chi connectivity index (χ4v) is 5.92. The van der Waals surface area contributed by atoms with Crippen molar-refractivity contribution in [1.82, 2.24) is 0 Å². The van der Waals surface area contributed by atoms with E-state index in [1.165, 1.54) is 0 Å². The second-order valence-corrected chi connectivity index (χ2v) is 15.3. The van der Waals surface area contributed by atoms with Gasteiger partial charge in [0.15, 0.2) is 16.6 Å². The molecule has 0 aliphatic heterocycles. The molecule has 0 fully saturated rings. The second-order valence-electron chi connectivity index (χ2n) is 4.68. The summed E-state index contributed by atoms with van der Waals surface area (Å²) in [6, 6.07) is 1.95. The van der Waals surface area contributed by atoms with Crippen molar-refractivity contribution in [2.75, 3.05) is 0 Å². The summed E-state index contributed by atoms with van der Waals surface area (Å²) < 4.78 is 22.6. The predicted octanol–water partition coefficient (Wildman–Crippen LogP) is 3.86. The molecule has 0 aromatic carbocycles. The Kier molecular flexibility index (Phi) is 5.84. The normalized spacial score (nSPS) is 13.6. The van der Waals surface area contributed by atoms with Crippen LogP contribution in [-0.4, -0.2) is 16.6 Å². The van der Waals surface area contributed by atoms with Crippen molar-refractivity contribution in [3.8, 4) is 0 Å². The average molecular weight is 254 g/mol. The molecular weight excluding hydrogens is 231 g/mol. The molecule has 0 aliphatic rings. The summed E-state index contributed by atoms with van der Waals surface area (Å²) in [4.78, 5) is 0. The van der Waals surface area contributed by atoms with E-state index < -0.39 is 24.9 Å². The van der Waals surface area contributed by atoms with Crippen LogP contribution in [0.25, 0.3) is 0 Å². The van der Waals surface area contributed by atoms with Crippen LogP contribution in [0.1, 0.15) is 13.8 Å². The molecular formula is C8H23O3PSi2. The van der Waals surface area contributed by atoms with Crippen LogP contribution < -0.4 is 0 Å². The SMILES string of the molecule is CC[Si](C)(C)O[PH](=O)O[Si](C)(C)CC. The van der Waals surface area contributed by atoms with Gasteiger partial charge in [0, 0.05) is 0 Å². The molecule has 0 aromatic rings. The first-order valence-corrected chi connectivity index (χ1v) is 12.6. The average Bonchev–Trinajstić information content (AvgIpc) is 2.02. The van der Waals surface area contributed by atoms with Crippen LogP contribution in [0.5, 0.6) is 0 Å². The quantitative estimate of drug-likeness (QED) is 0.533. The lowest BCUT2D eigenvalue weighted by molar-refractivity contribution is 0.409. The zero-order valence-electron chi connectivity index (χ0n) is 10.1. The van der Waals surface area contributed by atoms with Crippen LogP contribution in [0.3, 0.4) is 0 Å². The van der Waals surface area contributed by atoms with Gasteiger partial charge in [-0.2, -0.15) is 0 Å². The zero-order valence-corrected chi connectivity index (χ0v) is 13.1. The van der Waals surface area contributed by atoms with Crippen molar-refractivity contribution in [3.63, 3.8) is 0 Å². The van der Waals surface area contributed by atoms with Gasteiger partial charge in [-0.05, 0) is 38.3 Å².